The fourth-order valence-corrected chi connectivity index (χ4v) is 2.71. The molecule has 0 aromatic carbocycles. The van der Waals surface area contributed by atoms with E-state index in [4.69, 9.17) is 24.4 Å². The third kappa shape index (κ3) is 4.94. The summed E-state index contributed by atoms with van der Waals surface area (Å²) in [6, 6.07) is 0.461. The van der Waals surface area contributed by atoms with Crippen molar-refractivity contribution < 1.29 is 0 Å². The summed E-state index contributed by atoms with van der Waals surface area (Å²) in [6.45, 7) is 7.40. The van der Waals surface area contributed by atoms with Gasteiger partial charge in [0.25, 0.3) is 0 Å². The Hall–Kier alpha value is -0.620. The fraction of sp³-hybridized carbons (Fsp3) is 0.833. The van der Waals surface area contributed by atoms with Gasteiger partial charge >= 0.3 is 0 Å². The van der Waals surface area contributed by atoms with Gasteiger partial charge in [-0.25, -0.2) is 0 Å². The summed E-state index contributed by atoms with van der Waals surface area (Å²) in [5.41, 5.74) is 5.78. The van der Waals surface area contributed by atoms with E-state index in [0.29, 0.717) is 22.2 Å². The Kier molecular flexibility index (Phi) is 6.63. The van der Waals surface area contributed by atoms with Crippen molar-refractivity contribution in [3.8, 4) is 0 Å². The molecule has 1 saturated carbocycles. The van der Waals surface area contributed by atoms with Crippen LogP contribution in [-0.2, 0) is 0 Å². The molecule has 4 nitrogen and oxygen atoms in total. The summed E-state index contributed by atoms with van der Waals surface area (Å²) in [5.74, 6) is 1.41. The number of hydrogen-bond acceptors (Lipinski definition) is 2. The van der Waals surface area contributed by atoms with E-state index in [9.17, 15) is 0 Å². The Morgan fingerprint density at radius 1 is 1.11 bits per heavy atom. The number of hydrogen-bond donors (Lipinski definition) is 4. The van der Waals surface area contributed by atoms with Crippen LogP contribution in [0.2, 0.25) is 0 Å². The molecule has 0 aromatic heterocycles. The van der Waals surface area contributed by atoms with Crippen LogP contribution in [-0.4, -0.2) is 22.8 Å². The number of thiocarbonyl (C=S) groups is 2. The van der Waals surface area contributed by atoms with E-state index in [1.165, 1.54) is 19.3 Å². The smallest absolute Gasteiger partial charge is 0.185 e. The standard InChI is InChI=1S/C12H24N4S2/c1-4-13-11(17)15-16-12(18)14-10-7-5-6-8(2)9(10)3/h8-10H,4-7H2,1-3H3,(H2,13,15,17)(H2,14,16,18)/t8-,9-,10+/m0/s1. The van der Waals surface area contributed by atoms with Gasteiger partial charge in [0.1, 0.15) is 0 Å². The molecule has 0 unspecified atom stereocenters. The number of nitrogens with one attached hydrogen (secondary N) is 4. The van der Waals surface area contributed by atoms with Crippen LogP contribution in [0.5, 0.6) is 0 Å². The minimum absolute atomic E-state index is 0.461. The molecule has 1 aliphatic carbocycles. The van der Waals surface area contributed by atoms with Crippen molar-refractivity contribution in [3.05, 3.63) is 0 Å². The van der Waals surface area contributed by atoms with Crippen LogP contribution < -0.4 is 21.5 Å². The molecule has 6 heteroatoms. The first-order chi connectivity index (χ1) is 8.54. The molecule has 4 N–H and O–H groups in total. The van der Waals surface area contributed by atoms with Crippen LogP contribution in [0.4, 0.5) is 0 Å². The topological polar surface area (TPSA) is 48.1 Å². The molecule has 1 aliphatic rings. The minimum Gasteiger partial charge on any atom is -0.362 e. The normalized spacial score (nSPS) is 27.2. The van der Waals surface area contributed by atoms with Crippen molar-refractivity contribution in [2.24, 2.45) is 11.8 Å². The molecule has 18 heavy (non-hydrogen) atoms. The van der Waals surface area contributed by atoms with Crippen molar-refractivity contribution >= 4 is 34.7 Å². The summed E-state index contributed by atoms with van der Waals surface area (Å²) < 4.78 is 0. The van der Waals surface area contributed by atoms with E-state index < -0.39 is 0 Å². The van der Waals surface area contributed by atoms with Gasteiger partial charge in [-0.05, 0) is 49.6 Å². The van der Waals surface area contributed by atoms with Gasteiger partial charge in [-0.1, -0.05) is 26.7 Å². The second-order valence-electron chi connectivity index (χ2n) is 4.96. The lowest BCUT2D eigenvalue weighted by Crippen LogP contribution is -2.54. The van der Waals surface area contributed by atoms with Crippen molar-refractivity contribution in [1.29, 1.82) is 0 Å². The van der Waals surface area contributed by atoms with E-state index in [2.05, 4.69) is 35.3 Å². The highest BCUT2D eigenvalue weighted by Crippen LogP contribution is 2.29. The summed E-state index contributed by atoms with van der Waals surface area (Å²) in [5, 5.41) is 7.53. The largest absolute Gasteiger partial charge is 0.362 e. The Bertz CT molecular complexity index is 296. The molecule has 0 spiro atoms. The monoisotopic (exact) mass is 288 g/mol. The maximum atomic E-state index is 5.26. The van der Waals surface area contributed by atoms with E-state index in [-0.39, 0.29) is 0 Å². The highest BCUT2D eigenvalue weighted by atomic mass is 32.1. The highest BCUT2D eigenvalue weighted by molar-refractivity contribution is 7.80. The second-order valence-corrected chi connectivity index (χ2v) is 5.77. The fourth-order valence-electron chi connectivity index (χ4n) is 2.31. The van der Waals surface area contributed by atoms with Crippen molar-refractivity contribution in [1.82, 2.24) is 21.5 Å². The summed E-state index contributed by atoms with van der Waals surface area (Å²) in [6.07, 6.45) is 3.78. The third-order valence-corrected chi connectivity index (χ3v) is 4.12. The van der Waals surface area contributed by atoms with E-state index in [1.807, 2.05) is 6.92 Å². The van der Waals surface area contributed by atoms with Gasteiger partial charge in [0.05, 0.1) is 0 Å². The first-order valence-electron chi connectivity index (χ1n) is 6.65. The molecule has 0 heterocycles. The molecule has 1 rings (SSSR count). The molecule has 0 aromatic rings. The van der Waals surface area contributed by atoms with Gasteiger partial charge in [0.15, 0.2) is 10.2 Å². The van der Waals surface area contributed by atoms with Crippen LogP contribution in [0.1, 0.15) is 40.0 Å². The van der Waals surface area contributed by atoms with Crippen LogP contribution in [0.25, 0.3) is 0 Å². The minimum atomic E-state index is 0.461. The lowest BCUT2D eigenvalue weighted by atomic mass is 9.78. The average Bonchev–Trinajstić information content (AvgIpc) is 2.33. The average molecular weight is 288 g/mol. The molecule has 0 radical (unpaired) electrons. The Morgan fingerprint density at radius 2 is 1.78 bits per heavy atom. The molecule has 0 amide bonds. The van der Waals surface area contributed by atoms with Crippen LogP contribution in [0, 0.1) is 11.8 Å². The third-order valence-electron chi connectivity index (χ3n) is 3.65. The lowest BCUT2D eigenvalue weighted by molar-refractivity contribution is 0.224. The molecule has 1 fully saturated rings. The van der Waals surface area contributed by atoms with Crippen molar-refractivity contribution in [2.45, 2.75) is 46.1 Å². The SMILES string of the molecule is CCNC(=S)NNC(=S)N[C@@H]1CCC[C@H](C)[C@@H]1C. The van der Waals surface area contributed by atoms with Crippen LogP contribution in [0.15, 0.2) is 0 Å². The Labute approximate surface area is 121 Å². The van der Waals surface area contributed by atoms with Gasteiger partial charge in [-0.2, -0.15) is 0 Å². The predicted molar refractivity (Wildman–Crippen MR) is 84.2 cm³/mol. The first kappa shape index (κ1) is 15.4. The van der Waals surface area contributed by atoms with Crippen LogP contribution >= 0.6 is 24.4 Å². The maximum Gasteiger partial charge on any atom is 0.185 e. The molecule has 104 valence electrons. The lowest BCUT2D eigenvalue weighted by Gasteiger charge is -2.35. The molecule has 0 aliphatic heterocycles. The summed E-state index contributed by atoms with van der Waals surface area (Å²) in [7, 11) is 0. The molecular formula is C12H24N4S2. The molecule has 0 saturated heterocycles. The zero-order chi connectivity index (χ0) is 13.5. The Balaban J connectivity index is 2.29. The predicted octanol–water partition coefficient (Wildman–Crippen LogP) is 1.67. The van der Waals surface area contributed by atoms with Gasteiger partial charge in [-0.3, -0.25) is 10.9 Å². The second kappa shape index (κ2) is 7.74. The van der Waals surface area contributed by atoms with E-state index in [0.717, 1.165) is 12.5 Å². The summed E-state index contributed by atoms with van der Waals surface area (Å²) in [4.78, 5) is 0. The van der Waals surface area contributed by atoms with Gasteiger partial charge < -0.3 is 10.6 Å². The zero-order valence-corrected chi connectivity index (χ0v) is 13.0. The van der Waals surface area contributed by atoms with Crippen molar-refractivity contribution in [3.63, 3.8) is 0 Å². The maximum absolute atomic E-state index is 5.26. The first-order valence-corrected chi connectivity index (χ1v) is 7.46. The van der Waals surface area contributed by atoms with Gasteiger partial charge in [0, 0.05) is 12.6 Å². The highest BCUT2D eigenvalue weighted by Gasteiger charge is 2.27. The number of rotatable bonds is 2. The molecular weight excluding hydrogens is 264 g/mol. The Morgan fingerprint density at radius 3 is 2.44 bits per heavy atom. The van der Waals surface area contributed by atoms with Crippen LogP contribution in [0.3, 0.4) is 0 Å². The van der Waals surface area contributed by atoms with E-state index >= 15 is 0 Å². The van der Waals surface area contributed by atoms with Gasteiger partial charge in [0.2, 0.25) is 0 Å². The van der Waals surface area contributed by atoms with E-state index in [1.54, 1.807) is 0 Å². The zero-order valence-electron chi connectivity index (χ0n) is 11.4. The van der Waals surface area contributed by atoms with Gasteiger partial charge in [-0.15, -0.1) is 0 Å². The molecule has 3 atom stereocenters. The number of hydrazine groups is 1. The quantitative estimate of drug-likeness (QED) is 0.458. The summed E-state index contributed by atoms with van der Waals surface area (Å²) >= 11 is 10.3. The molecule has 0 bridgehead atoms. The van der Waals surface area contributed by atoms with Crippen molar-refractivity contribution in [2.75, 3.05) is 6.54 Å².